The second-order valence-electron chi connectivity index (χ2n) is 7.46. The maximum absolute atomic E-state index is 12.1. The first-order valence-electron chi connectivity index (χ1n) is 8.01. The first-order valence-corrected chi connectivity index (χ1v) is 8.01. The molecule has 3 nitrogen and oxygen atoms in total. The third kappa shape index (κ3) is 2.33. The van der Waals surface area contributed by atoms with Crippen LogP contribution < -0.4 is 0 Å². The van der Waals surface area contributed by atoms with E-state index in [1.807, 2.05) is 0 Å². The summed E-state index contributed by atoms with van der Waals surface area (Å²) in [6.45, 7) is 6.89. The molecule has 2 bridgehead atoms. The van der Waals surface area contributed by atoms with Crippen LogP contribution >= 0.6 is 0 Å². The van der Waals surface area contributed by atoms with Crippen molar-refractivity contribution in [2.24, 2.45) is 16.7 Å². The molecule has 0 aromatic heterocycles. The molecule has 2 aliphatic carbocycles. The van der Waals surface area contributed by atoms with Crippen molar-refractivity contribution in [1.82, 2.24) is 0 Å². The number of carbonyl (C=O) groups excluding carboxylic acids is 1. The van der Waals surface area contributed by atoms with E-state index >= 15 is 0 Å². The lowest BCUT2D eigenvalue weighted by molar-refractivity contribution is -0.150. The average Bonchev–Trinajstić information content (AvgIpc) is 2.80. The fraction of sp³-hybridized carbons (Fsp3) is 0.526. The molecule has 0 saturated heterocycles. The Morgan fingerprint density at radius 2 is 1.95 bits per heavy atom. The first-order chi connectivity index (χ1) is 10.3. The molecule has 2 aliphatic rings. The average molecular weight is 300 g/mol. The zero-order chi connectivity index (χ0) is 16.0. The van der Waals surface area contributed by atoms with E-state index in [4.69, 9.17) is 4.74 Å². The zero-order valence-electron chi connectivity index (χ0n) is 13.5. The van der Waals surface area contributed by atoms with Gasteiger partial charge < -0.3 is 9.84 Å². The number of hydrogen-bond acceptors (Lipinski definition) is 3. The van der Waals surface area contributed by atoms with Gasteiger partial charge in [0.05, 0.1) is 0 Å². The van der Waals surface area contributed by atoms with Gasteiger partial charge in [0.15, 0.2) is 0 Å². The number of phenols is 1. The number of hydrogen-bond donors (Lipinski definition) is 1. The summed E-state index contributed by atoms with van der Waals surface area (Å²) in [6.07, 6.45) is 6.61. The Morgan fingerprint density at radius 1 is 1.27 bits per heavy atom. The molecule has 2 fully saturated rings. The van der Waals surface area contributed by atoms with Gasteiger partial charge in [0, 0.05) is 11.5 Å². The molecule has 1 aromatic carbocycles. The SMILES string of the molecule is CC1(C)[C@@H]2CC[C@@]1(C)[C@@H](OC(=O)/C=C\c1ccc(O)cc1)C2. The van der Waals surface area contributed by atoms with Gasteiger partial charge in [0.25, 0.3) is 0 Å². The molecule has 0 aliphatic heterocycles. The first kappa shape index (κ1) is 15.1. The van der Waals surface area contributed by atoms with Crippen LogP contribution in [0.1, 0.15) is 45.6 Å². The molecular weight excluding hydrogens is 276 g/mol. The van der Waals surface area contributed by atoms with Crippen molar-refractivity contribution >= 4 is 12.0 Å². The number of ether oxygens (including phenoxy) is 1. The van der Waals surface area contributed by atoms with Gasteiger partial charge in [-0.1, -0.05) is 32.9 Å². The number of rotatable bonds is 3. The molecular formula is C19H24O3. The minimum atomic E-state index is -0.275. The molecule has 22 heavy (non-hydrogen) atoms. The highest BCUT2D eigenvalue weighted by Crippen LogP contribution is 2.66. The second kappa shape index (κ2) is 5.15. The van der Waals surface area contributed by atoms with Gasteiger partial charge in [0.2, 0.25) is 0 Å². The van der Waals surface area contributed by atoms with Crippen LogP contribution in [0.2, 0.25) is 0 Å². The molecule has 118 valence electrons. The summed E-state index contributed by atoms with van der Waals surface area (Å²) < 4.78 is 5.75. The van der Waals surface area contributed by atoms with Gasteiger partial charge in [0.1, 0.15) is 11.9 Å². The molecule has 3 atom stereocenters. The van der Waals surface area contributed by atoms with Crippen molar-refractivity contribution in [3.8, 4) is 5.75 Å². The van der Waals surface area contributed by atoms with E-state index in [9.17, 15) is 9.90 Å². The molecule has 0 heterocycles. The number of fused-ring (bicyclic) bond motifs is 2. The van der Waals surface area contributed by atoms with Gasteiger partial charge in [-0.3, -0.25) is 0 Å². The highest BCUT2D eigenvalue weighted by molar-refractivity contribution is 5.87. The van der Waals surface area contributed by atoms with Crippen LogP contribution in [0.15, 0.2) is 30.3 Å². The van der Waals surface area contributed by atoms with Crippen molar-refractivity contribution in [2.45, 2.75) is 46.1 Å². The summed E-state index contributed by atoms with van der Waals surface area (Å²) in [7, 11) is 0. The maximum Gasteiger partial charge on any atom is 0.331 e. The Bertz CT molecular complexity index is 600. The Kier molecular flexibility index (Phi) is 3.54. The van der Waals surface area contributed by atoms with Crippen LogP contribution in [0.3, 0.4) is 0 Å². The Morgan fingerprint density at radius 3 is 2.50 bits per heavy atom. The maximum atomic E-state index is 12.1. The van der Waals surface area contributed by atoms with Gasteiger partial charge >= 0.3 is 5.97 Å². The van der Waals surface area contributed by atoms with Gasteiger partial charge in [-0.25, -0.2) is 4.79 Å². The summed E-state index contributed by atoms with van der Waals surface area (Å²) >= 11 is 0. The van der Waals surface area contributed by atoms with Crippen molar-refractivity contribution in [3.05, 3.63) is 35.9 Å². The lowest BCUT2D eigenvalue weighted by Crippen LogP contribution is -2.38. The van der Waals surface area contributed by atoms with E-state index in [1.54, 1.807) is 30.3 Å². The van der Waals surface area contributed by atoms with Crippen LogP contribution in [0.5, 0.6) is 5.75 Å². The Balaban J connectivity index is 1.65. The lowest BCUT2D eigenvalue weighted by Gasteiger charge is -2.38. The summed E-state index contributed by atoms with van der Waals surface area (Å²) in [4.78, 5) is 12.1. The smallest absolute Gasteiger partial charge is 0.331 e. The van der Waals surface area contributed by atoms with E-state index in [2.05, 4.69) is 20.8 Å². The van der Waals surface area contributed by atoms with Gasteiger partial charge in [-0.2, -0.15) is 0 Å². The van der Waals surface area contributed by atoms with E-state index in [0.29, 0.717) is 5.92 Å². The topological polar surface area (TPSA) is 46.5 Å². The number of phenolic OH excluding ortho intramolecular Hbond substituents is 1. The number of carbonyl (C=O) groups is 1. The number of benzene rings is 1. The molecule has 2 saturated carbocycles. The predicted molar refractivity (Wildman–Crippen MR) is 86.2 cm³/mol. The quantitative estimate of drug-likeness (QED) is 0.673. The van der Waals surface area contributed by atoms with Crippen molar-refractivity contribution in [3.63, 3.8) is 0 Å². The summed E-state index contributed by atoms with van der Waals surface area (Å²) in [5.41, 5.74) is 1.22. The van der Waals surface area contributed by atoms with Crippen LogP contribution in [-0.2, 0) is 9.53 Å². The van der Waals surface area contributed by atoms with Crippen LogP contribution in [0.25, 0.3) is 6.08 Å². The van der Waals surface area contributed by atoms with Gasteiger partial charge in [-0.15, -0.1) is 0 Å². The summed E-state index contributed by atoms with van der Waals surface area (Å²) in [5, 5.41) is 9.25. The Hall–Kier alpha value is -1.77. The molecule has 1 N–H and O–H groups in total. The molecule has 1 aromatic rings. The molecule has 3 heteroatoms. The predicted octanol–water partition coefficient (Wildman–Crippen LogP) is 4.16. The third-order valence-corrected chi connectivity index (χ3v) is 6.28. The third-order valence-electron chi connectivity index (χ3n) is 6.28. The molecule has 0 unspecified atom stereocenters. The summed E-state index contributed by atoms with van der Waals surface area (Å²) in [5.74, 6) is 0.607. The van der Waals surface area contributed by atoms with E-state index < -0.39 is 0 Å². The molecule has 0 spiro atoms. The van der Waals surface area contributed by atoms with Crippen molar-refractivity contribution < 1.29 is 14.6 Å². The van der Waals surface area contributed by atoms with Gasteiger partial charge in [-0.05, 0) is 54.4 Å². The van der Waals surface area contributed by atoms with E-state index in [-0.39, 0.29) is 28.7 Å². The molecule has 0 radical (unpaired) electrons. The highest BCUT2D eigenvalue weighted by Gasteiger charge is 2.62. The normalized spacial score (nSPS) is 32.5. The zero-order valence-corrected chi connectivity index (χ0v) is 13.5. The molecule has 3 rings (SSSR count). The number of aromatic hydroxyl groups is 1. The largest absolute Gasteiger partial charge is 0.508 e. The van der Waals surface area contributed by atoms with E-state index in [1.165, 1.54) is 12.5 Å². The minimum absolute atomic E-state index is 0.0261. The van der Waals surface area contributed by atoms with Crippen molar-refractivity contribution in [2.75, 3.05) is 0 Å². The Labute approximate surface area is 132 Å². The molecule has 0 amide bonds. The standard InChI is InChI=1S/C19H24O3/c1-18(2)14-10-11-19(18,3)16(12-14)22-17(21)9-6-13-4-7-15(20)8-5-13/h4-9,14,16,20H,10-12H2,1-3H3/b9-6-/t14-,16+,19+/m1/s1. The highest BCUT2D eigenvalue weighted by atomic mass is 16.5. The fourth-order valence-electron chi connectivity index (χ4n) is 4.24. The second-order valence-corrected chi connectivity index (χ2v) is 7.46. The fourth-order valence-corrected chi connectivity index (χ4v) is 4.24. The lowest BCUT2D eigenvalue weighted by atomic mass is 9.70. The van der Waals surface area contributed by atoms with Crippen LogP contribution in [-0.4, -0.2) is 17.2 Å². The van der Waals surface area contributed by atoms with E-state index in [0.717, 1.165) is 18.4 Å². The monoisotopic (exact) mass is 300 g/mol. The number of esters is 1. The van der Waals surface area contributed by atoms with Crippen LogP contribution in [0, 0.1) is 16.7 Å². The van der Waals surface area contributed by atoms with Crippen LogP contribution in [0.4, 0.5) is 0 Å². The summed E-state index contributed by atoms with van der Waals surface area (Å²) in [6, 6.07) is 6.73. The minimum Gasteiger partial charge on any atom is -0.508 e. The van der Waals surface area contributed by atoms with Crippen molar-refractivity contribution in [1.29, 1.82) is 0 Å².